The van der Waals surface area contributed by atoms with Gasteiger partial charge in [0.1, 0.15) is 5.75 Å². The van der Waals surface area contributed by atoms with Crippen LogP contribution in [-0.4, -0.2) is 24.5 Å². The van der Waals surface area contributed by atoms with Crippen molar-refractivity contribution in [2.45, 2.75) is 13.8 Å². The first kappa shape index (κ1) is 15.6. The lowest BCUT2D eigenvalue weighted by Gasteiger charge is -2.07. The Balaban J connectivity index is 2.47. The van der Waals surface area contributed by atoms with Crippen molar-refractivity contribution in [3.8, 4) is 5.75 Å². The lowest BCUT2D eigenvalue weighted by atomic mass is 9.96. The first-order valence-corrected chi connectivity index (χ1v) is 6.78. The molecular formula is C18H16O4. The molecule has 112 valence electrons. The van der Waals surface area contributed by atoms with Crippen LogP contribution >= 0.6 is 0 Å². The Hall–Kier alpha value is -2.75. The van der Waals surface area contributed by atoms with Gasteiger partial charge in [0.05, 0.1) is 7.11 Å². The molecule has 4 heteroatoms. The first-order chi connectivity index (χ1) is 10.4. The van der Waals surface area contributed by atoms with E-state index in [0.29, 0.717) is 28.0 Å². The molecule has 0 aromatic heterocycles. The minimum absolute atomic E-state index is 0.188. The molecule has 0 atom stereocenters. The molecule has 0 radical (unpaired) electrons. The van der Waals surface area contributed by atoms with Crippen molar-refractivity contribution in [3.63, 3.8) is 0 Å². The van der Waals surface area contributed by atoms with Crippen LogP contribution in [0, 0.1) is 0 Å². The van der Waals surface area contributed by atoms with Gasteiger partial charge in [-0.2, -0.15) is 0 Å². The molecule has 0 spiro atoms. The van der Waals surface area contributed by atoms with E-state index in [-0.39, 0.29) is 17.3 Å². The smallest absolute Gasteiger partial charge is 0.193 e. The number of ether oxygens (including phenoxy) is 1. The van der Waals surface area contributed by atoms with Crippen LogP contribution in [0.25, 0.3) is 0 Å². The normalized spacial score (nSPS) is 10.1. The van der Waals surface area contributed by atoms with E-state index in [2.05, 4.69) is 0 Å². The maximum Gasteiger partial charge on any atom is 0.193 e. The summed E-state index contributed by atoms with van der Waals surface area (Å²) in [6.07, 6.45) is 0. The van der Waals surface area contributed by atoms with E-state index in [1.807, 2.05) is 0 Å². The number of methoxy groups -OCH3 is 1. The Morgan fingerprint density at radius 2 is 1.18 bits per heavy atom. The fourth-order valence-corrected chi connectivity index (χ4v) is 2.07. The molecule has 0 N–H and O–H groups in total. The molecular weight excluding hydrogens is 280 g/mol. The molecule has 22 heavy (non-hydrogen) atoms. The monoisotopic (exact) mass is 296 g/mol. The van der Waals surface area contributed by atoms with Crippen molar-refractivity contribution in [3.05, 3.63) is 64.7 Å². The van der Waals surface area contributed by atoms with Gasteiger partial charge in [0.15, 0.2) is 17.3 Å². The molecule has 0 amide bonds. The summed E-state index contributed by atoms with van der Waals surface area (Å²) >= 11 is 0. The van der Waals surface area contributed by atoms with Gasteiger partial charge in [-0.3, -0.25) is 14.4 Å². The van der Waals surface area contributed by atoms with E-state index in [0.717, 1.165) is 0 Å². The highest BCUT2D eigenvalue weighted by molar-refractivity contribution is 6.12. The molecule has 2 aromatic rings. The molecule has 0 aliphatic heterocycles. The largest absolute Gasteiger partial charge is 0.497 e. The average Bonchev–Trinajstić information content (AvgIpc) is 2.53. The van der Waals surface area contributed by atoms with Crippen LogP contribution in [0.4, 0.5) is 0 Å². The van der Waals surface area contributed by atoms with Crippen LogP contribution in [0.3, 0.4) is 0 Å². The van der Waals surface area contributed by atoms with Crippen molar-refractivity contribution in [1.29, 1.82) is 0 Å². The Bertz CT molecular complexity index is 710. The average molecular weight is 296 g/mol. The Morgan fingerprint density at radius 3 is 1.59 bits per heavy atom. The maximum atomic E-state index is 12.5. The third-order valence-electron chi connectivity index (χ3n) is 3.36. The predicted molar refractivity (Wildman–Crippen MR) is 82.9 cm³/mol. The third kappa shape index (κ3) is 3.28. The molecule has 0 aliphatic carbocycles. The van der Waals surface area contributed by atoms with E-state index < -0.39 is 0 Å². The quantitative estimate of drug-likeness (QED) is 0.794. The molecule has 0 heterocycles. The standard InChI is InChI=1S/C18H16O4/c1-11(19)14-8-15(12(2)20)10-16(9-14)18(21)13-4-6-17(22-3)7-5-13/h4-10H,1-3H3. The molecule has 0 saturated carbocycles. The number of benzene rings is 2. The summed E-state index contributed by atoms with van der Waals surface area (Å²) in [4.78, 5) is 35.7. The van der Waals surface area contributed by atoms with Gasteiger partial charge in [0.2, 0.25) is 0 Å². The van der Waals surface area contributed by atoms with Gasteiger partial charge in [-0.1, -0.05) is 0 Å². The van der Waals surface area contributed by atoms with Gasteiger partial charge in [0, 0.05) is 22.3 Å². The van der Waals surface area contributed by atoms with Crippen molar-refractivity contribution >= 4 is 17.3 Å². The second kappa shape index (κ2) is 6.35. The number of Topliss-reactive ketones (excluding diaryl/α,β-unsaturated/α-hetero) is 2. The molecule has 0 aliphatic rings. The van der Waals surface area contributed by atoms with Crippen LogP contribution in [0.15, 0.2) is 42.5 Å². The van der Waals surface area contributed by atoms with Crippen molar-refractivity contribution in [2.75, 3.05) is 7.11 Å². The number of hydrogen-bond donors (Lipinski definition) is 0. The van der Waals surface area contributed by atoms with Gasteiger partial charge >= 0.3 is 0 Å². The maximum absolute atomic E-state index is 12.5. The number of hydrogen-bond acceptors (Lipinski definition) is 4. The predicted octanol–water partition coefficient (Wildman–Crippen LogP) is 3.33. The molecule has 2 aromatic carbocycles. The fourth-order valence-electron chi connectivity index (χ4n) is 2.07. The van der Waals surface area contributed by atoms with E-state index in [1.165, 1.54) is 32.0 Å². The Kier molecular flexibility index (Phi) is 4.51. The fraction of sp³-hybridized carbons (Fsp3) is 0.167. The van der Waals surface area contributed by atoms with Gasteiger partial charge in [-0.25, -0.2) is 0 Å². The zero-order chi connectivity index (χ0) is 16.3. The summed E-state index contributed by atoms with van der Waals surface area (Å²) in [5.74, 6) is 0.0328. The van der Waals surface area contributed by atoms with Crippen LogP contribution in [0.5, 0.6) is 5.75 Å². The van der Waals surface area contributed by atoms with Crippen LogP contribution in [0.1, 0.15) is 50.5 Å². The van der Waals surface area contributed by atoms with E-state index in [1.54, 1.807) is 31.4 Å². The van der Waals surface area contributed by atoms with E-state index in [9.17, 15) is 14.4 Å². The van der Waals surface area contributed by atoms with Gasteiger partial charge < -0.3 is 4.74 Å². The van der Waals surface area contributed by atoms with Gasteiger partial charge in [-0.15, -0.1) is 0 Å². The minimum Gasteiger partial charge on any atom is -0.497 e. The Labute approximate surface area is 128 Å². The van der Waals surface area contributed by atoms with Crippen molar-refractivity contribution in [1.82, 2.24) is 0 Å². The molecule has 0 saturated heterocycles. The summed E-state index contributed by atoms with van der Waals surface area (Å²) in [7, 11) is 1.55. The second-order valence-electron chi connectivity index (χ2n) is 4.97. The van der Waals surface area contributed by atoms with Crippen LogP contribution < -0.4 is 4.74 Å². The van der Waals surface area contributed by atoms with E-state index in [4.69, 9.17) is 4.74 Å². The second-order valence-corrected chi connectivity index (χ2v) is 4.97. The van der Waals surface area contributed by atoms with E-state index >= 15 is 0 Å². The third-order valence-corrected chi connectivity index (χ3v) is 3.36. The SMILES string of the molecule is COc1ccc(C(=O)c2cc(C(C)=O)cc(C(C)=O)c2)cc1. The number of ketones is 3. The highest BCUT2D eigenvalue weighted by atomic mass is 16.5. The van der Waals surface area contributed by atoms with Gasteiger partial charge in [0.25, 0.3) is 0 Å². The topological polar surface area (TPSA) is 60.4 Å². The summed E-state index contributed by atoms with van der Waals surface area (Å²) in [5.41, 5.74) is 1.49. The molecule has 0 bridgehead atoms. The van der Waals surface area contributed by atoms with Crippen molar-refractivity contribution in [2.24, 2.45) is 0 Å². The highest BCUT2D eigenvalue weighted by Gasteiger charge is 2.14. The Morgan fingerprint density at radius 1 is 0.727 bits per heavy atom. The first-order valence-electron chi connectivity index (χ1n) is 6.78. The summed E-state index contributed by atoms with van der Waals surface area (Å²) in [5, 5.41) is 0. The molecule has 2 rings (SSSR count). The zero-order valence-corrected chi connectivity index (χ0v) is 12.7. The van der Waals surface area contributed by atoms with Crippen molar-refractivity contribution < 1.29 is 19.1 Å². The number of rotatable bonds is 5. The number of carbonyl (C=O) groups excluding carboxylic acids is 3. The van der Waals surface area contributed by atoms with Gasteiger partial charge in [-0.05, 0) is 56.3 Å². The highest BCUT2D eigenvalue weighted by Crippen LogP contribution is 2.18. The number of carbonyl (C=O) groups is 3. The summed E-state index contributed by atoms with van der Waals surface area (Å²) in [6.45, 7) is 2.81. The summed E-state index contributed by atoms with van der Waals surface area (Å²) < 4.78 is 5.06. The molecule has 4 nitrogen and oxygen atoms in total. The van der Waals surface area contributed by atoms with Crippen LogP contribution in [-0.2, 0) is 0 Å². The zero-order valence-electron chi connectivity index (χ0n) is 12.7. The molecule has 0 unspecified atom stereocenters. The minimum atomic E-state index is -0.242. The lowest BCUT2D eigenvalue weighted by molar-refractivity contribution is 0.101. The van der Waals surface area contributed by atoms with Crippen LogP contribution in [0.2, 0.25) is 0 Å². The lowest BCUT2D eigenvalue weighted by Crippen LogP contribution is -2.07. The molecule has 0 fully saturated rings. The summed E-state index contributed by atoms with van der Waals surface area (Å²) in [6, 6.07) is 11.2.